The van der Waals surface area contributed by atoms with Crippen molar-refractivity contribution in [2.75, 3.05) is 7.11 Å². The van der Waals surface area contributed by atoms with Crippen molar-refractivity contribution in [1.29, 1.82) is 0 Å². The fraction of sp³-hybridized carbons (Fsp3) is 0.280. The predicted molar refractivity (Wildman–Crippen MR) is 120 cm³/mol. The van der Waals surface area contributed by atoms with E-state index in [0.717, 1.165) is 11.1 Å². The van der Waals surface area contributed by atoms with Crippen molar-refractivity contribution < 1.29 is 19.3 Å². The van der Waals surface area contributed by atoms with E-state index in [1.165, 1.54) is 5.56 Å². The number of phenolic OH excluding ortho intramolecular Hbond substituents is 1. The van der Waals surface area contributed by atoms with Crippen molar-refractivity contribution in [1.82, 2.24) is 10.9 Å². The Kier molecular flexibility index (Phi) is 6.30. The van der Waals surface area contributed by atoms with Gasteiger partial charge in [0.15, 0.2) is 11.5 Å². The first kappa shape index (κ1) is 21.0. The molecule has 0 radical (unpaired) electrons. The maximum absolute atomic E-state index is 10.7. The van der Waals surface area contributed by atoms with E-state index in [1.807, 2.05) is 61.5 Å². The van der Waals surface area contributed by atoms with Crippen LogP contribution >= 0.6 is 0 Å². The molecular formula is C25H28N2O4. The molecule has 1 heterocycles. The molecule has 0 aromatic heterocycles. The number of hydrogen-bond donors (Lipinski definition) is 3. The number of aryl methyl sites for hydroxylation is 1. The Bertz CT molecular complexity index is 1040. The molecule has 3 unspecified atom stereocenters. The minimum Gasteiger partial charge on any atom is -0.507 e. The zero-order chi connectivity index (χ0) is 21.8. The smallest absolute Gasteiger partial charge is 0.161 e. The molecule has 4 rings (SSSR count). The third-order valence-corrected chi connectivity index (χ3v) is 5.61. The molecule has 1 saturated heterocycles. The highest BCUT2D eigenvalue weighted by Gasteiger charge is 2.38. The minimum atomic E-state index is -0.249. The summed E-state index contributed by atoms with van der Waals surface area (Å²) in [6.07, 6.45) is -0.249. The number of nitrogens with one attached hydrogen (secondary N) is 2. The summed E-state index contributed by atoms with van der Waals surface area (Å²) in [6.45, 7) is 4.54. The molecule has 3 N–H and O–H groups in total. The molecule has 1 aliphatic rings. The normalized spacial score (nSPS) is 20.4. The van der Waals surface area contributed by atoms with Crippen LogP contribution in [0.4, 0.5) is 0 Å². The number of methoxy groups -OCH3 is 1. The van der Waals surface area contributed by atoms with E-state index in [4.69, 9.17) is 14.2 Å². The van der Waals surface area contributed by atoms with Gasteiger partial charge in [0.25, 0.3) is 0 Å². The van der Waals surface area contributed by atoms with Gasteiger partial charge in [-0.3, -0.25) is 5.43 Å². The molecule has 3 aromatic rings. The van der Waals surface area contributed by atoms with Crippen LogP contribution in [0.2, 0.25) is 0 Å². The summed E-state index contributed by atoms with van der Waals surface area (Å²) in [5.41, 5.74) is 9.48. The van der Waals surface area contributed by atoms with Gasteiger partial charge in [0, 0.05) is 11.6 Å². The van der Waals surface area contributed by atoms with Crippen molar-refractivity contribution in [3.63, 3.8) is 0 Å². The van der Waals surface area contributed by atoms with Gasteiger partial charge in [-0.2, -0.15) is 0 Å². The van der Waals surface area contributed by atoms with Gasteiger partial charge in [-0.25, -0.2) is 5.43 Å². The van der Waals surface area contributed by atoms with E-state index in [-0.39, 0.29) is 23.9 Å². The Hall–Kier alpha value is -3.22. The second-order valence-corrected chi connectivity index (χ2v) is 7.72. The summed E-state index contributed by atoms with van der Waals surface area (Å²) < 4.78 is 17.6. The molecule has 1 aliphatic heterocycles. The number of phenols is 1. The number of hydrogen-bond acceptors (Lipinski definition) is 6. The second-order valence-electron chi connectivity index (χ2n) is 7.72. The zero-order valence-corrected chi connectivity index (χ0v) is 18.0. The number of rotatable bonds is 7. The van der Waals surface area contributed by atoms with Gasteiger partial charge < -0.3 is 19.3 Å². The van der Waals surface area contributed by atoms with Gasteiger partial charge in [0.05, 0.1) is 19.2 Å². The van der Waals surface area contributed by atoms with E-state index >= 15 is 0 Å². The average molecular weight is 421 g/mol. The minimum absolute atomic E-state index is 0.0197. The first-order chi connectivity index (χ1) is 15.1. The average Bonchev–Trinajstić information content (AvgIpc) is 3.13. The quantitative estimate of drug-likeness (QED) is 0.530. The standard InChI is InChI=1S/C25H28N2O4/c1-16-8-4-5-9-18(16)15-30-19-12-13-20(21(28)14-19)24-25(17(2)26-27-24)31-23-11-7-6-10-22(23)29-3/h4-14,17,24-28H,15H2,1-3H3. The Morgan fingerprint density at radius 1 is 0.935 bits per heavy atom. The predicted octanol–water partition coefficient (Wildman–Crippen LogP) is 4.27. The fourth-order valence-electron chi connectivity index (χ4n) is 3.77. The zero-order valence-electron chi connectivity index (χ0n) is 18.0. The van der Waals surface area contributed by atoms with Crippen LogP contribution in [0.25, 0.3) is 0 Å². The summed E-state index contributed by atoms with van der Waals surface area (Å²) in [6, 6.07) is 20.8. The van der Waals surface area contributed by atoms with Crippen molar-refractivity contribution in [3.05, 3.63) is 83.4 Å². The summed E-state index contributed by atoms with van der Waals surface area (Å²) >= 11 is 0. The van der Waals surface area contributed by atoms with E-state index in [0.29, 0.717) is 23.9 Å². The molecule has 3 atom stereocenters. The Balaban J connectivity index is 1.50. The number of aromatic hydroxyl groups is 1. The monoisotopic (exact) mass is 420 g/mol. The Morgan fingerprint density at radius 2 is 1.68 bits per heavy atom. The largest absolute Gasteiger partial charge is 0.507 e. The number of ether oxygens (including phenoxy) is 3. The molecule has 0 aliphatic carbocycles. The number of hydrazine groups is 1. The van der Waals surface area contributed by atoms with Crippen molar-refractivity contribution in [2.24, 2.45) is 0 Å². The van der Waals surface area contributed by atoms with Gasteiger partial charge in [0.2, 0.25) is 0 Å². The lowest BCUT2D eigenvalue weighted by atomic mass is 9.98. The highest BCUT2D eigenvalue weighted by Crippen LogP contribution is 2.36. The summed E-state index contributed by atoms with van der Waals surface area (Å²) in [5.74, 6) is 2.11. The van der Waals surface area contributed by atoms with Crippen LogP contribution in [-0.2, 0) is 6.61 Å². The van der Waals surface area contributed by atoms with Crippen LogP contribution in [0.3, 0.4) is 0 Å². The van der Waals surface area contributed by atoms with Crippen LogP contribution in [-0.4, -0.2) is 24.4 Å². The van der Waals surface area contributed by atoms with Crippen LogP contribution in [0.15, 0.2) is 66.7 Å². The van der Waals surface area contributed by atoms with Gasteiger partial charge in [-0.05, 0) is 49.2 Å². The van der Waals surface area contributed by atoms with Crippen LogP contribution in [0.5, 0.6) is 23.0 Å². The molecule has 0 bridgehead atoms. The lowest BCUT2D eigenvalue weighted by Crippen LogP contribution is -2.33. The molecule has 6 heteroatoms. The van der Waals surface area contributed by atoms with E-state index in [1.54, 1.807) is 13.2 Å². The molecule has 162 valence electrons. The third kappa shape index (κ3) is 4.60. The lowest BCUT2D eigenvalue weighted by Gasteiger charge is -2.24. The molecule has 0 spiro atoms. The second kappa shape index (κ2) is 9.29. The third-order valence-electron chi connectivity index (χ3n) is 5.61. The first-order valence-electron chi connectivity index (χ1n) is 10.4. The van der Waals surface area contributed by atoms with Crippen LogP contribution < -0.4 is 25.1 Å². The maximum Gasteiger partial charge on any atom is 0.161 e. The molecule has 6 nitrogen and oxygen atoms in total. The topological polar surface area (TPSA) is 72.0 Å². The van der Waals surface area contributed by atoms with Crippen molar-refractivity contribution in [2.45, 2.75) is 38.6 Å². The molecule has 0 amide bonds. The molecule has 1 fully saturated rings. The van der Waals surface area contributed by atoms with Crippen molar-refractivity contribution >= 4 is 0 Å². The molecule has 31 heavy (non-hydrogen) atoms. The highest BCUT2D eigenvalue weighted by atomic mass is 16.5. The summed E-state index contributed by atoms with van der Waals surface area (Å²) in [5, 5.41) is 10.7. The Morgan fingerprint density at radius 3 is 2.42 bits per heavy atom. The van der Waals surface area contributed by atoms with Gasteiger partial charge in [0.1, 0.15) is 24.2 Å². The van der Waals surface area contributed by atoms with Gasteiger partial charge in [-0.15, -0.1) is 0 Å². The summed E-state index contributed by atoms with van der Waals surface area (Å²) in [7, 11) is 1.62. The summed E-state index contributed by atoms with van der Waals surface area (Å²) in [4.78, 5) is 0. The van der Waals surface area contributed by atoms with Crippen LogP contribution in [0, 0.1) is 6.92 Å². The fourth-order valence-corrected chi connectivity index (χ4v) is 3.77. The Labute approximate surface area is 182 Å². The number of benzene rings is 3. The lowest BCUT2D eigenvalue weighted by molar-refractivity contribution is 0.164. The van der Waals surface area contributed by atoms with Gasteiger partial charge >= 0.3 is 0 Å². The maximum atomic E-state index is 10.7. The van der Waals surface area contributed by atoms with E-state index in [2.05, 4.69) is 23.8 Å². The van der Waals surface area contributed by atoms with Crippen LogP contribution in [0.1, 0.15) is 29.7 Å². The molecule has 3 aromatic carbocycles. The molecule has 0 saturated carbocycles. The van der Waals surface area contributed by atoms with Gasteiger partial charge in [-0.1, -0.05) is 36.4 Å². The first-order valence-corrected chi connectivity index (χ1v) is 10.4. The van der Waals surface area contributed by atoms with E-state index in [9.17, 15) is 5.11 Å². The highest BCUT2D eigenvalue weighted by molar-refractivity contribution is 5.44. The van der Waals surface area contributed by atoms with E-state index < -0.39 is 0 Å². The molecular weight excluding hydrogens is 392 g/mol. The van der Waals surface area contributed by atoms with Crippen molar-refractivity contribution in [3.8, 4) is 23.0 Å². The SMILES string of the molecule is COc1ccccc1OC1C(C)NNC1c1ccc(OCc2ccccc2C)cc1O. The number of para-hydroxylation sites is 2.